The second-order valence-electron chi connectivity index (χ2n) is 9.08. The summed E-state index contributed by atoms with van der Waals surface area (Å²) in [5.41, 5.74) is 2.95. The summed E-state index contributed by atoms with van der Waals surface area (Å²) in [5.74, 6) is -0.786. The van der Waals surface area contributed by atoms with E-state index in [0.29, 0.717) is 18.0 Å². The van der Waals surface area contributed by atoms with Gasteiger partial charge in [-0.3, -0.25) is 13.9 Å². The average molecular weight is 556 g/mol. The van der Waals surface area contributed by atoms with Gasteiger partial charge >= 0.3 is 0 Å². The van der Waals surface area contributed by atoms with E-state index in [1.165, 1.54) is 23.1 Å². The van der Waals surface area contributed by atoms with E-state index in [9.17, 15) is 18.0 Å². The minimum Gasteiger partial charge on any atom is -0.355 e. The Bertz CT molecular complexity index is 1360. The van der Waals surface area contributed by atoms with Gasteiger partial charge in [-0.05, 0) is 62.6 Å². The van der Waals surface area contributed by atoms with Crippen LogP contribution in [0, 0.1) is 13.8 Å². The van der Waals surface area contributed by atoms with E-state index in [0.717, 1.165) is 21.0 Å². The minimum atomic E-state index is -4.13. The first-order valence-electron chi connectivity index (χ1n) is 12.5. The second kappa shape index (κ2) is 12.9. The van der Waals surface area contributed by atoms with Crippen LogP contribution in [0.4, 0.5) is 5.69 Å². The van der Waals surface area contributed by atoms with Gasteiger partial charge in [0.05, 0.1) is 10.6 Å². The van der Waals surface area contributed by atoms with E-state index in [1.807, 2.05) is 52.0 Å². The van der Waals surface area contributed by atoms with Crippen molar-refractivity contribution < 1.29 is 18.0 Å². The molecule has 3 aromatic carbocycles. The largest absolute Gasteiger partial charge is 0.355 e. The van der Waals surface area contributed by atoms with Gasteiger partial charge in [0, 0.05) is 18.1 Å². The highest BCUT2D eigenvalue weighted by Crippen LogP contribution is 2.28. The summed E-state index contributed by atoms with van der Waals surface area (Å²) in [5, 5.41) is 3.18. The van der Waals surface area contributed by atoms with Crippen LogP contribution < -0.4 is 9.62 Å². The number of aryl methyl sites for hydroxylation is 2. The zero-order valence-electron chi connectivity index (χ0n) is 22.1. The molecule has 0 fully saturated rings. The Kier molecular flexibility index (Phi) is 9.94. The molecule has 9 heteroatoms. The van der Waals surface area contributed by atoms with Crippen molar-refractivity contribution in [3.63, 3.8) is 0 Å². The van der Waals surface area contributed by atoms with Crippen LogP contribution in [0.1, 0.15) is 37.0 Å². The van der Waals surface area contributed by atoms with Gasteiger partial charge in [-0.1, -0.05) is 72.6 Å². The molecule has 0 aliphatic rings. The molecular weight excluding hydrogens is 522 g/mol. The number of hydrogen-bond acceptors (Lipinski definition) is 4. The fraction of sp³-hybridized carbons (Fsp3) is 0.310. The summed E-state index contributed by atoms with van der Waals surface area (Å²) in [6.07, 6.45) is 0.366. The maximum Gasteiger partial charge on any atom is 0.264 e. The highest BCUT2D eigenvalue weighted by Gasteiger charge is 2.33. The average Bonchev–Trinajstić information content (AvgIpc) is 2.90. The van der Waals surface area contributed by atoms with E-state index in [4.69, 9.17) is 11.6 Å². The van der Waals surface area contributed by atoms with Crippen molar-refractivity contribution >= 4 is 39.1 Å². The highest BCUT2D eigenvalue weighted by molar-refractivity contribution is 7.92. The van der Waals surface area contributed by atoms with E-state index in [-0.39, 0.29) is 23.0 Å². The number of carbonyl (C=O) groups is 2. The van der Waals surface area contributed by atoms with Crippen molar-refractivity contribution in [1.82, 2.24) is 10.2 Å². The first kappa shape index (κ1) is 29.2. The number of nitrogens with one attached hydrogen (secondary N) is 1. The molecule has 1 unspecified atom stereocenters. The highest BCUT2D eigenvalue weighted by atomic mass is 35.5. The fourth-order valence-corrected chi connectivity index (χ4v) is 5.69. The number of benzene rings is 3. The lowest BCUT2D eigenvalue weighted by Crippen LogP contribution is -2.52. The van der Waals surface area contributed by atoms with Crippen LogP contribution in [-0.2, 0) is 26.2 Å². The molecule has 0 aromatic heterocycles. The van der Waals surface area contributed by atoms with Gasteiger partial charge in [0.25, 0.3) is 10.0 Å². The van der Waals surface area contributed by atoms with E-state index >= 15 is 0 Å². The zero-order valence-corrected chi connectivity index (χ0v) is 23.7. The van der Waals surface area contributed by atoms with Gasteiger partial charge in [0.1, 0.15) is 12.6 Å². The third-order valence-corrected chi connectivity index (χ3v) is 8.46. The van der Waals surface area contributed by atoms with Gasteiger partial charge in [-0.25, -0.2) is 8.42 Å². The predicted octanol–water partition coefficient (Wildman–Crippen LogP) is 5.10. The number of hydrogen-bond donors (Lipinski definition) is 1. The van der Waals surface area contributed by atoms with Crippen molar-refractivity contribution in [3.05, 3.63) is 94.5 Å². The van der Waals surface area contributed by atoms with Crippen molar-refractivity contribution in [3.8, 4) is 0 Å². The first-order chi connectivity index (χ1) is 18.1. The molecule has 3 rings (SSSR count). The molecule has 1 N–H and O–H groups in total. The van der Waals surface area contributed by atoms with Gasteiger partial charge in [0.15, 0.2) is 0 Å². The Hall–Kier alpha value is -3.36. The van der Waals surface area contributed by atoms with Crippen molar-refractivity contribution in [2.24, 2.45) is 0 Å². The number of anilines is 1. The van der Waals surface area contributed by atoms with Gasteiger partial charge in [-0.2, -0.15) is 0 Å². The molecule has 2 amide bonds. The summed E-state index contributed by atoms with van der Waals surface area (Å²) in [6.45, 7) is 7.49. The van der Waals surface area contributed by atoms with Crippen LogP contribution >= 0.6 is 11.6 Å². The number of amides is 2. The maximum atomic E-state index is 13.9. The van der Waals surface area contributed by atoms with Crippen molar-refractivity contribution in [2.45, 2.75) is 51.6 Å². The molecule has 1 atom stereocenters. The molecule has 0 radical (unpaired) electrons. The van der Waals surface area contributed by atoms with Gasteiger partial charge in [-0.15, -0.1) is 0 Å². The van der Waals surface area contributed by atoms with E-state index in [2.05, 4.69) is 5.32 Å². The van der Waals surface area contributed by atoms with Crippen LogP contribution in [0.25, 0.3) is 0 Å². The lowest BCUT2D eigenvalue weighted by Gasteiger charge is -2.33. The lowest BCUT2D eigenvalue weighted by atomic mass is 10.1. The molecular formula is C29H34ClN3O4S. The molecule has 202 valence electrons. The summed E-state index contributed by atoms with van der Waals surface area (Å²) < 4.78 is 28.6. The smallest absolute Gasteiger partial charge is 0.264 e. The fourth-order valence-electron chi connectivity index (χ4n) is 4.09. The number of sulfonamides is 1. The molecule has 0 heterocycles. The first-order valence-corrected chi connectivity index (χ1v) is 14.4. The van der Waals surface area contributed by atoms with Crippen molar-refractivity contribution in [2.75, 3.05) is 17.4 Å². The Balaban J connectivity index is 2.06. The second-order valence-corrected chi connectivity index (χ2v) is 11.4. The molecule has 0 saturated carbocycles. The van der Waals surface area contributed by atoms with Gasteiger partial charge in [0.2, 0.25) is 11.8 Å². The summed E-state index contributed by atoms with van der Waals surface area (Å²) >= 11 is 6.35. The molecule has 3 aromatic rings. The molecule has 0 saturated heterocycles. The normalized spacial score (nSPS) is 12.0. The van der Waals surface area contributed by atoms with Crippen molar-refractivity contribution in [1.29, 1.82) is 0 Å². The number of halogens is 1. The quantitative estimate of drug-likeness (QED) is 0.357. The molecule has 38 heavy (non-hydrogen) atoms. The van der Waals surface area contributed by atoms with E-state index in [1.54, 1.807) is 30.3 Å². The number of carbonyl (C=O) groups excluding carboxylic acids is 2. The summed E-state index contributed by atoms with van der Waals surface area (Å²) in [6, 6.07) is 19.7. The topological polar surface area (TPSA) is 86.8 Å². The van der Waals surface area contributed by atoms with Crippen LogP contribution in [-0.4, -0.2) is 44.3 Å². The standard InChI is InChI=1S/C29H34ClN3O4S/c1-5-27(29(35)31-6-2)32(19-23-15-12-21(3)13-16-23)28(34)20-33(24-17-14-22(4)26(30)18-24)38(36,37)25-10-8-7-9-11-25/h7-18,27H,5-6,19-20H2,1-4H3,(H,31,35). The molecule has 0 aliphatic heterocycles. The Labute approximate surface area is 230 Å². The molecule has 7 nitrogen and oxygen atoms in total. The Morgan fingerprint density at radius 1 is 0.947 bits per heavy atom. The summed E-state index contributed by atoms with van der Waals surface area (Å²) in [7, 11) is -4.13. The molecule has 0 bridgehead atoms. The molecule has 0 aliphatic carbocycles. The van der Waals surface area contributed by atoms with Crippen LogP contribution in [0.2, 0.25) is 5.02 Å². The zero-order chi connectivity index (χ0) is 27.9. The SMILES string of the molecule is CCNC(=O)C(CC)N(Cc1ccc(C)cc1)C(=O)CN(c1ccc(C)c(Cl)c1)S(=O)(=O)c1ccccc1. The monoisotopic (exact) mass is 555 g/mol. The lowest BCUT2D eigenvalue weighted by molar-refractivity contribution is -0.140. The maximum absolute atomic E-state index is 13.9. The van der Waals surface area contributed by atoms with Gasteiger partial charge < -0.3 is 10.2 Å². The number of rotatable bonds is 11. The predicted molar refractivity (Wildman–Crippen MR) is 152 cm³/mol. The third-order valence-electron chi connectivity index (χ3n) is 6.26. The number of likely N-dealkylation sites (N-methyl/N-ethyl adjacent to an activating group) is 1. The van der Waals surface area contributed by atoms with E-state index < -0.39 is 28.5 Å². The van der Waals surface area contributed by atoms with Crippen LogP contribution in [0.5, 0.6) is 0 Å². The number of nitrogens with zero attached hydrogens (tertiary/aromatic N) is 2. The Morgan fingerprint density at radius 2 is 1.61 bits per heavy atom. The third kappa shape index (κ3) is 6.94. The minimum absolute atomic E-state index is 0.0466. The summed E-state index contributed by atoms with van der Waals surface area (Å²) in [4.78, 5) is 28.4. The Morgan fingerprint density at radius 3 is 2.18 bits per heavy atom. The molecule has 0 spiro atoms. The van der Waals surface area contributed by atoms with Crippen LogP contribution in [0.3, 0.4) is 0 Å². The van der Waals surface area contributed by atoms with Crippen LogP contribution in [0.15, 0.2) is 77.7 Å².